The van der Waals surface area contributed by atoms with Gasteiger partial charge in [0.05, 0.1) is 30.5 Å². The summed E-state index contributed by atoms with van der Waals surface area (Å²) in [6.45, 7) is 8.61. The molecule has 4 heterocycles. The molecule has 12 aromatic rings. The smallest absolute Gasteiger partial charge is 0.136 e. The van der Waals surface area contributed by atoms with Crippen molar-refractivity contribution in [3.05, 3.63) is 205 Å². The van der Waals surface area contributed by atoms with Crippen LogP contribution in [0.4, 0.5) is 0 Å². The van der Waals surface area contributed by atoms with E-state index in [1.54, 1.807) is 18.2 Å². The van der Waals surface area contributed by atoms with E-state index in [-0.39, 0.29) is 20.1 Å². The standard InChI is InChI=1S/C44H27N2O2.C17H22NSi.Ir/c1-27-17-22-40-37(23-27)34-21-19-30(25-41(34)47-40)31-18-20-33-35-13-8-14-36(43(35)48-42(33)26-31)44-45-38-15-5-6-16-39(38)46(44)32-12-7-11-29(24-32)28-9-3-2-4-10-28;1-13(2)15-11-16(14-9-7-6-8-10-14)18-12-17(15)19(3,4)5;/h2-13,15-26H,1H3;6-9,11-13H,1-5H3;/q2*-1;/i1D3;13D;. The average Bonchev–Trinajstić information content (AvgIpc) is 4.07. The number of benzene rings is 8. The van der Waals surface area contributed by atoms with Gasteiger partial charge in [0.15, 0.2) is 0 Å². The second-order valence-corrected chi connectivity index (χ2v) is 23.3. The van der Waals surface area contributed by atoms with Crippen molar-refractivity contribution in [2.24, 2.45) is 0 Å². The Bertz CT molecular complexity index is 3960. The van der Waals surface area contributed by atoms with Crippen molar-refractivity contribution in [1.82, 2.24) is 14.5 Å². The molecule has 1 radical (unpaired) electrons. The van der Waals surface area contributed by atoms with Gasteiger partial charge in [-0.05, 0) is 100 Å². The summed E-state index contributed by atoms with van der Waals surface area (Å²) in [5, 5.41) is 4.93. The van der Waals surface area contributed by atoms with Gasteiger partial charge in [-0.2, -0.15) is 0 Å². The van der Waals surface area contributed by atoms with E-state index < -0.39 is 20.8 Å². The summed E-state index contributed by atoms with van der Waals surface area (Å²) >= 11 is 0. The number of aromatic nitrogens is 3. The Morgan fingerprint density at radius 2 is 1.34 bits per heavy atom. The van der Waals surface area contributed by atoms with E-state index in [0.29, 0.717) is 16.7 Å². The van der Waals surface area contributed by atoms with Crippen LogP contribution < -0.4 is 5.19 Å². The summed E-state index contributed by atoms with van der Waals surface area (Å²) in [6.07, 6.45) is 1.98. The minimum atomic E-state index is -2.18. The number of pyridine rings is 1. The van der Waals surface area contributed by atoms with Gasteiger partial charge in [0.1, 0.15) is 16.7 Å². The second kappa shape index (κ2) is 18.2. The molecule has 7 heteroatoms. The summed E-state index contributed by atoms with van der Waals surface area (Å²) in [6, 6.07) is 65.0. The van der Waals surface area contributed by atoms with Crippen LogP contribution in [0.25, 0.3) is 105 Å². The van der Waals surface area contributed by atoms with E-state index in [2.05, 4.69) is 120 Å². The molecule has 0 aliphatic heterocycles. The Labute approximate surface area is 417 Å². The van der Waals surface area contributed by atoms with Crippen LogP contribution in [0, 0.1) is 19.0 Å². The Balaban J connectivity index is 0.000000240. The number of aryl methyl sites for hydroxylation is 1. The van der Waals surface area contributed by atoms with Gasteiger partial charge in [-0.25, -0.2) is 0 Å². The zero-order valence-electron chi connectivity index (χ0n) is 42.3. The third-order valence-electron chi connectivity index (χ3n) is 12.5. The summed E-state index contributed by atoms with van der Waals surface area (Å²) in [4.78, 5) is 9.75. The minimum absolute atomic E-state index is 0. The number of hydrogen-bond acceptors (Lipinski definition) is 4. The molecule has 0 fully saturated rings. The van der Waals surface area contributed by atoms with E-state index in [0.717, 1.165) is 99.9 Å². The van der Waals surface area contributed by atoms with E-state index >= 15 is 0 Å². The molecule has 335 valence electrons. The molecule has 0 amide bonds. The first-order valence-corrected chi connectivity index (χ1v) is 26.0. The zero-order valence-corrected chi connectivity index (χ0v) is 41.7. The van der Waals surface area contributed by atoms with Crippen molar-refractivity contribution in [2.75, 3.05) is 0 Å². The van der Waals surface area contributed by atoms with Gasteiger partial charge in [0.25, 0.3) is 0 Å². The summed E-state index contributed by atoms with van der Waals surface area (Å²) in [5.74, 6) is 0.144. The fourth-order valence-corrected chi connectivity index (χ4v) is 10.7. The molecule has 0 spiro atoms. The SMILES string of the molecule is [2H]C(C)(C)c1cc(-c2[c-]cccc2)ncc1[Si](C)(C)C.[2H]C([2H])([2H])c1ccc2oc3cc(-c4ccc5c(c4)oc4c(-c6nc7ccccc7n6-c6cccc(-c7ccccc7)c6)[c-]ccc45)ccc3c2c1.[Ir]. The van der Waals surface area contributed by atoms with Crippen LogP contribution in [-0.4, -0.2) is 22.6 Å². The number of rotatable bonds is 7. The van der Waals surface area contributed by atoms with E-state index in [1.165, 1.54) is 5.19 Å². The molecule has 8 aromatic carbocycles. The fraction of sp³-hybridized carbons (Fsp3) is 0.115. The predicted octanol–water partition coefficient (Wildman–Crippen LogP) is 16.1. The third-order valence-corrected chi connectivity index (χ3v) is 14.5. The van der Waals surface area contributed by atoms with Gasteiger partial charge in [-0.15, -0.1) is 54.1 Å². The minimum Gasteiger partial charge on any atom is -0.501 e. The number of fused-ring (bicyclic) bond motifs is 7. The van der Waals surface area contributed by atoms with E-state index in [1.807, 2.05) is 98.9 Å². The number of hydrogen-bond donors (Lipinski definition) is 0. The van der Waals surface area contributed by atoms with Gasteiger partial charge in [0.2, 0.25) is 0 Å². The molecule has 0 saturated heterocycles. The molecule has 5 nitrogen and oxygen atoms in total. The average molecular weight is 1080 g/mol. The van der Waals surface area contributed by atoms with E-state index in [4.69, 9.17) is 19.3 Å². The van der Waals surface area contributed by atoms with Crippen molar-refractivity contribution in [1.29, 1.82) is 0 Å². The van der Waals surface area contributed by atoms with Crippen LogP contribution in [0.15, 0.2) is 191 Å². The molecule has 0 N–H and O–H groups in total. The Morgan fingerprint density at radius 1 is 0.618 bits per heavy atom. The largest absolute Gasteiger partial charge is 0.501 e. The fourth-order valence-electron chi connectivity index (χ4n) is 9.12. The molecule has 0 aliphatic carbocycles. The van der Waals surface area contributed by atoms with Crippen LogP contribution in [0.5, 0.6) is 0 Å². The number of furan rings is 2. The molecular formula is C61H49IrN3O2Si-2. The predicted molar refractivity (Wildman–Crippen MR) is 281 cm³/mol. The monoisotopic (exact) mass is 1080 g/mol. The Hall–Kier alpha value is -7.15. The summed E-state index contributed by atoms with van der Waals surface area (Å²) in [7, 11) is -1.50. The van der Waals surface area contributed by atoms with Crippen LogP contribution in [0.1, 0.15) is 36.4 Å². The number of para-hydroxylation sites is 2. The first-order valence-electron chi connectivity index (χ1n) is 24.5. The van der Waals surface area contributed by atoms with Gasteiger partial charge >= 0.3 is 0 Å². The van der Waals surface area contributed by atoms with Crippen LogP contribution in [0.2, 0.25) is 19.6 Å². The maximum absolute atomic E-state index is 8.44. The molecular weight excluding hydrogens is 1030 g/mol. The quantitative estimate of drug-likeness (QED) is 0.118. The van der Waals surface area contributed by atoms with Crippen molar-refractivity contribution in [3.8, 4) is 50.6 Å². The summed E-state index contributed by atoms with van der Waals surface area (Å²) < 4.78 is 47.0. The molecule has 0 atom stereocenters. The first-order chi connectivity index (χ1) is 34.1. The van der Waals surface area contributed by atoms with Gasteiger partial charge in [-0.1, -0.05) is 140 Å². The van der Waals surface area contributed by atoms with Crippen molar-refractivity contribution in [3.63, 3.8) is 0 Å². The van der Waals surface area contributed by atoms with Gasteiger partial charge in [0, 0.05) is 53.6 Å². The zero-order chi connectivity index (χ0) is 49.2. The molecule has 0 bridgehead atoms. The normalized spacial score (nSPS) is 12.9. The van der Waals surface area contributed by atoms with Crippen molar-refractivity contribution < 1.29 is 34.4 Å². The molecule has 0 aliphatic rings. The van der Waals surface area contributed by atoms with Gasteiger partial charge in [-0.3, -0.25) is 4.98 Å². The Morgan fingerprint density at radius 3 is 2.09 bits per heavy atom. The van der Waals surface area contributed by atoms with Crippen molar-refractivity contribution >= 4 is 68.2 Å². The summed E-state index contributed by atoms with van der Waals surface area (Å²) in [5.41, 5.74) is 14.0. The van der Waals surface area contributed by atoms with Crippen LogP contribution in [-0.2, 0) is 20.1 Å². The molecule has 68 heavy (non-hydrogen) atoms. The molecule has 12 rings (SSSR count). The topological polar surface area (TPSA) is 57.0 Å². The molecule has 4 aromatic heterocycles. The Kier molecular flexibility index (Phi) is 10.7. The maximum atomic E-state index is 8.44. The first kappa shape index (κ1) is 40.0. The van der Waals surface area contributed by atoms with Crippen molar-refractivity contribution in [2.45, 2.75) is 46.2 Å². The maximum Gasteiger partial charge on any atom is 0.136 e. The number of imidazole rings is 1. The molecule has 0 unspecified atom stereocenters. The van der Waals surface area contributed by atoms with Crippen LogP contribution >= 0.6 is 0 Å². The second-order valence-electron chi connectivity index (χ2n) is 18.2. The number of nitrogens with zero attached hydrogens (tertiary/aromatic N) is 3. The van der Waals surface area contributed by atoms with Crippen LogP contribution in [0.3, 0.4) is 0 Å². The third kappa shape index (κ3) is 8.32. The van der Waals surface area contributed by atoms with E-state index in [9.17, 15) is 0 Å². The van der Waals surface area contributed by atoms with Gasteiger partial charge < -0.3 is 18.4 Å². The molecule has 0 saturated carbocycles.